The van der Waals surface area contributed by atoms with Gasteiger partial charge >= 0.3 is 0 Å². The molecule has 0 aromatic carbocycles. The van der Waals surface area contributed by atoms with Crippen molar-refractivity contribution in [3.63, 3.8) is 0 Å². The minimum Gasteiger partial charge on any atom is -0.299 e. The maximum atomic E-state index is 9.59. The zero-order valence-electron chi connectivity index (χ0n) is 4.55. The van der Waals surface area contributed by atoms with Crippen molar-refractivity contribution in [3.8, 4) is 0 Å². The molecular weight excluding hydrogens is 112 g/mol. The van der Waals surface area contributed by atoms with Gasteiger partial charge in [-0.25, -0.2) is 0 Å². The van der Waals surface area contributed by atoms with E-state index in [1.807, 2.05) is 6.08 Å². The molecule has 0 amide bonds. The highest BCUT2D eigenvalue weighted by atomic mass is 16.1. The van der Waals surface area contributed by atoms with Gasteiger partial charge in [0.05, 0.1) is 0 Å². The highest BCUT2D eigenvalue weighted by molar-refractivity contribution is 5.64. The Labute approximate surface area is 58.8 Å². The lowest BCUT2D eigenvalue weighted by Crippen LogP contribution is -1.61. The van der Waals surface area contributed by atoms with Crippen LogP contribution in [-0.4, -0.2) is 6.29 Å². The van der Waals surface area contributed by atoms with Gasteiger partial charge in [0, 0.05) is 0 Å². The first-order valence-corrected chi connectivity index (χ1v) is 2.52. The van der Waals surface area contributed by atoms with Crippen LogP contribution in [0.25, 0.3) is 0 Å². The van der Waals surface area contributed by atoms with Gasteiger partial charge in [-0.2, -0.15) is 0 Å². The molecule has 0 saturated heterocycles. The Morgan fingerprint density at radius 1 is 1.33 bits per heavy atom. The quantitative estimate of drug-likeness (QED) is 0.424. The van der Waals surface area contributed by atoms with Crippen molar-refractivity contribution in [3.05, 3.63) is 12.2 Å². The predicted molar refractivity (Wildman–Crippen MR) is 43.6 cm³/mol. The van der Waals surface area contributed by atoms with Crippen LogP contribution < -0.4 is 0 Å². The zero-order valence-corrected chi connectivity index (χ0v) is 4.55. The SMILES string of the molecule is C.C.CCC/C=C\C=O. The third-order valence-corrected chi connectivity index (χ3v) is 0.670. The molecule has 56 valence electrons. The molecule has 0 spiro atoms. The molecule has 0 radical (unpaired) electrons. The van der Waals surface area contributed by atoms with Crippen molar-refractivity contribution in [2.24, 2.45) is 0 Å². The van der Waals surface area contributed by atoms with E-state index in [9.17, 15) is 4.79 Å². The summed E-state index contributed by atoms with van der Waals surface area (Å²) in [6.45, 7) is 2.08. The predicted octanol–water partition coefficient (Wildman–Crippen LogP) is 2.81. The van der Waals surface area contributed by atoms with Crippen molar-refractivity contribution in [2.75, 3.05) is 0 Å². The van der Waals surface area contributed by atoms with E-state index in [0.717, 1.165) is 19.1 Å². The zero-order chi connectivity index (χ0) is 5.54. The van der Waals surface area contributed by atoms with Gasteiger partial charge in [-0.15, -0.1) is 0 Å². The summed E-state index contributed by atoms with van der Waals surface area (Å²) in [5.74, 6) is 0. The molecule has 0 atom stereocenters. The molecule has 0 aromatic rings. The topological polar surface area (TPSA) is 17.1 Å². The summed E-state index contributed by atoms with van der Waals surface area (Å²) < 4.78 is 0. The second kappa shape index (κ2) is 15.7. The van der Waals surface area contributed by atoms with Gasteiger partial charge in [-0.05, 0) is 12.5 Å². The lowest BCUT2D eigenvalue weighted by Gasteiger charge is -1.76. The molecule has 9 heavy (non-hydrogen) atoms. The maximum absolute atomic E-state index is 9.59. The molecule has 1 heteroatoms. The number of rotatable bonds is 3. The lowest BCUT2D eigenvalue weighted by atomic mass is 10.3. The molecule has 0 aliphatic carbocycles. The minimum absolute atomic E-state index is 0. The molecule has 1 nitrogen and oxygen atoms in total. The van der Waals surface area contributed by atoms with E-state index in [-0.39, 0.29) is 14.9 Å². The highest BCUT2D eigenvalue weighted by Crippen LogP contribution is 1.85. The van der Waals surface area contributed by atoms with E-state index in [1.54, 1.807) is 0 Å². The summed E-state index contributed by atoms with van der Waals surface area (Å²) >= 11 is 0. The number of hydrogen-bond acceptors (Lipinski definition) is 1. The van der Waals surface area contributed by atoms with E-state index in [0.29, 0.717) is 0 Å². The Balaban J connectivity index is -0.000000180. The van der Waals surface area contributed by atoms with Crippen LogP contribution in [0.4, 0.5) is 0 Å². The van der Waals surface area contributed by atoms with Crippen molar-refractivity contribution in [2.45, 2.75) is 34.6 Å². The van der Waals surface area contributed by atoms with Gasteiger partial charge in [-0.3, -0.25) is 4.79 Å². The summed E-state index contributed by atoms with van der Waals surface area (Å²) in [4.78, 5) is 9.59. The smallest absolute Gasteiger partial charge is 0.142 e. The lowest BCUT2D eigenvalue weighted by molar-refractivity contribution is -0.104. The van der Waals surface area contributed by atoms with Crippen LogP contribution in [0.2, 0.25) is 0 Å². The molecule has 0 fully saturated rings. The van der Waals surface area contributed by atoms with Crippen LogP contribution in [0.1, 0.15) is 34.6 Å². The van der Waals surface area contributed by atoms with Crippen LogP contribution in [0.3, 0.4) is 0 Å². The van der Waals surface area contributed by atoms with Gasteiger partial charge in [-0.1, -0.05) is 34.3 Å². The number of carbonyl (C=O) groups is 1. The Hall–Kier alpha value is -0.590. The molecule has 0 rings (SSSR count). The van der Waals surface area contributed by atoms with Crippen LogP contribution in [0.5, 0.6) is 0 Å². The van der Waals surface area contributed by atoms with Gasteiger partial charge in [0.2, 0.25) is 0 Å². The van der Waals surface area contributed by atoms with Gasteiger partial charge in [0.15, 0.2) is 0 Å². The fraction of sp³-hybridized carbons (Fsp3) is 0.625. The highest BCUT2D eigenvalue weighted by Gasteiger charge is 1.67. The van der Waals surface area contributed by atoms with Crippen LogP contribution >= 0.6 is 0 Å². The third-order valence-electron chi connectivity index (χ3n) is 0.670. The minimum atomic E-state index is 0. The molecular formula is C8H18O. The second-order valence-corrected chi connectivity index (χ2v) is 1.35. The van der Waals surface area contributed by atoms with E-state index in [1.165, 1.54) is 6.08 Å². The van der Waals surface area contributed by atoms with Crippen LogP contribution in [0.15, 0.2) is 12.2 Å². The number of unbranched alkanes of at least 4 members (excludes halogenated alkanes) is 1. The molecule has 0 aliphatic heterocycles. The van der Waals surface area contributed by atoms with Crippen molar-refractivity contribution in [1.29, 1.82) is 0 Å². The second-order valence-electron chi connectivity index (χ2n) is 1.35. The molecule has 0 N–H and O–H groups in total. The summed E-state index contributed by atoms with van der Waals surface area (Å²) in [7, 11) is 0. The summed E-state index contributed by atoms with van der Waals surface area (Å²) in [5, 5.41) is 0. The number of carbonyl (C=O) groups excluding carboxylic acids is 1. The van der Waals surface area contributed by atoms with Gasteiger partial charge in [0.25, 0.3) is 0 Å². The van der Waals surface area contributed by atoms with E-state index in [2.05, 4.69) is 6.92 Å². The average molecular weight is 130 g/mol. The molecule has 0 unspecified atom stereocenters. The van der Waals surface area contributed by atoms with Gasteiger partial charge < -0.3 is 0 Å². The van der Waals surface area contributed by atoms with Crippen LogP contribution in [-0.2, 0) is 4.79 Å². The first-order chi connectivity index (χ1) is 3.41. The number of hydrogen-bond donors (Lipinski definition) is 0. The third kappa shape index (κ3) is 18.7. The van der Waals surface area contributed by atoms with Crippen molar-refractivity contribution < 1.29 is 4.79 Å². The van der Waals surface area contributed by atoms with E-state index < -0.39 is 0 Å². The number of aldehydes is 1. The van der Waals surface area contributed by atoms with Gasteiger partial charge in [0.1, 0.15) is 6.29 Å². The fourth-order valence-electron chi connectivity index (χ4n) is 0.318. The Bertz CT molecular complexity index is 65.0. The monoisotopic (exact) mass is 130 g/mol. The van der Waals surface area contributed by atoms with Crippen LogP contribution in [0, 0.1) is 0 Å². The maximum Gasteiger partial charge on any atom is 0.142 e. The summed E-state index contributed by atoms with van der Waals surface area (Å²) in [5.41, 5.74) is 0. The first-order valence-electron chi connectivity index (χ1n) is 2.52. The van der Waals surface area contributed by atoms with E-state index >= 15 is 0 Å². The molecule has 0 heterocycles. The first kappa shape index (κ1) is 15.8. The fourth-order valence-corrected chi connectivity index (χ4v) is 0.318. The number of allylic oxidation sites excluding steroid dienone is 2. The normalized spacial score (nSPS) is 7.67. The average Bonchev–Trinajstić information content (AvgIpc) is 1.69. The van der Waals surface area contributed by atoms with E-state index in [4.69, 9.17) is 0 Å². The largest absolute Gasteiger partial charge is 0.299 e. The van der Waals surface area contributed by atoms with Crippen molar-refractivity contribution >= 4 is 6.29 Å². The van der Waals surface area contributed by atoms with Crippen molar-refractivity contribution in [1.82, 2.24) is 0 Å². The summed E-state index contributed by atoms with van der Waals surface area (Å²) in [6, 6.07) is 0. The summed E-state index contributed by atoms with van der Waals surface area (Å²) in [6.07, 6.45) is 6.33. The Morgan fingerprint density at radius 3 is 2.22 bits per heavy atom. The Kier molecular flexibility index (Phi) is 27.4. The molecule has 0 saturated carbocycles. The standard InChI is InChI=1S/C6H10O.2CH4/c1-2-3-4-5-6-7;;/h4-6H,2-3H2,1H3;2*1H4/b5-4-;;. The molecule has 0 bridgehead atoms. The molecule has 0 aromatic heterocycles. The molecule has 0 aliphatic rings. The Morgan fingerprint density at radius 2 is 1.89 bits per heavy atom.